The van der Waals surface area contributed by atoms with Crippen molar-refractivity contribution in [1.82, 2.24) is 0 Å². The van der Waals surface area contributed by atoms with Gasteiger partial charge in [-0.15, -0.1) is 0 Å². The Bertz CT molecular complexity index is 316. The third kappa shape index (κ3) is 2.48. The van der Waals surface area contributed by atoms with E-state index in [0.717, 1.165) is 5.56 Å². The first-order valence-corrected chi connectivity index (χ1v) is 4.72. The van der Waals surface area contributed by atoms with Crippen LogP contribution in [-0.2, 0) is 11.3 Å². The van der Waals surface area contributed by atoms with Gasteiger partial charge >= 0.3 is 0 Å². The molecule has 2 N–H and O–H groups in total. The summed E-state index contributed by atoms with van der Waals surface area (Å²) < 4.78 is 21.3. The van der Waals surface area contributed by atoms with E-state index in [4.69, 9.17) is 16.2 Å². The molecule has 1 aromatic carbocycles. The van der Waals surface area contributed by atoms with Gasteiger partial charge in [0.1, 0.15) is 0 Å². The quantitative estimate of drug-likeness (QED) is 0.728. The summed E-state index contributed by atoms with van der Waals surface area (Å²) in [6, 6.07) is 5.10. The monoisotopic (exact) mass is 205 g/mol. The third-order valence-corrected chi connectivity index (χ3v) is 2.03. The molecule has 0 spiro atoms. The summed E-state index contributed by atoms with van der Waals surface area (Å²) in [5.74, 6) is 0. The Morgan fingerprint density at radius 3 is 2.83 bits per heavy atom. The lowest BCUT2D eigenvalue weighted by Crippen LogP contribution is -2.03. The molecule has 0 fully saturated rings. The van der Waals surface area contributed by atoms with E-state index in [2.05, 4.69) is 4.72 Å². The minimum atomic E-state index is -2.04. The standard InChI is InChI=1S/C7H8ClNO2S/c1-5-2-3-6(8)4-7(5)9-12(10)11/h2-4,9H,1H3,(H,10,11). The van der Waals surface area contributed by atoms with Crippen molar-refractivity contribution in [3.8, 4) is 0 Å². The highest BCUT2D eigenvalue weighted by Gasteiger charge is 2.00. The molecule has 0 amide bonds. The average Bonchev–Trinajstić information content (AvgIpc) is 1.96. The Balaban J connectivity index is 2.97. The maximum atomic E-state index is 10.4. The van der Waals surface area contributed by atoms with Crippen LogP contribution in [0.5, 0.6) is 0 Å². The summed E-state index contributed by atoms with van der Waals surface area (Å²) in [4.78, 5) is 0. The Morgan fingerprint density at radius 2 is 2.25 bits per heavy atom. The van der Waals surface area contributed by atoms with Gasteiger partial charge in [-0.2, -0.15) is 0 Å². The zero-order valence-corrected chi connectivity index (χ0v) is 7.95. The van der Waals surface area contributed by atoms with E-state index in [0.29, 0.717) is 10.7 Å². The molecule has 0 heterocycles. The lowest BCUT2D eigenvalue weighted by molar-refractivity contribution is 0.570. The van der Waals surface area contributed by atoms with Gasteiger partial charge in [0, 0.05) is 5.02 Å². The fourth-order valence-corrected chi connectivity index (χ4v) is 1.38. The van der Waals surface area contributed by atoms with Crippen molar-refractivity contribution in [2.45, 2.75) is 6.92 Å². The molecule has 0 aliphatic carbocycles. The van der Waals surface area contributed by atoms with Gasteiger partial charge in [0.2, 0.25) is 0 Å². The largest absolute Gasteiger partial charge is 0.289 e. The van der Waals surface area contributed by atoms with Crippen LogP contribution < -0.4 is 4.72 Å². The summed E-state index contributed by atoms with van der Waals surface area (Å²) in [5, 5.41) is 0.536. The number of hydrogen-bond acceptors (Lipinski definition) is 1. The average molecular weight is 206 g/mol. The van der Waals surface area contributed by atoms with Crippen LogP contribution in [0.2, 0.25) is 5.02 Å². The van der Waals surface area contributed by atoms with E-state index in [-0.39, 0.29) is 0 Å². The molecule has 12 heavy (non-hydrogen) atoms. The van der Waals surface area contributed by atoms with Gasteiger partial charge in [0.15, 0.2) is 0 Å². The van der Waals surface area contributed by atoms with E-state index in [1.807, 2.05) is 6.92 Å². The Kier molecular flexibility index (Phi) is 3.08. The van der Waals surface area contributed by atoms with Gasteiger partial charge < -0.3 is 0 Å². The molecule has 0 saturated carbocycles. The normalized spacial score (nSPS) is 12.6. The van der Waals surface area contributed by atoms with Gasteiger partial charge in [-0.25, -0.2) is 4.21 Å². The van der Waals surface area contributed by atoms with E-state index in [1.165, 1.54) is 0 Å². The molecule has 0 saturated heterocycles. The van der Waals surface area contributed by atoms with E-state index < -0.39 is 11.3 Å². The van der Waals surface area contributed by atoms with Crippen LogP contribution in [0.1, 0.15) is 5.56 Å². The second kappa shape index (κ2) is 3.89. The van der Waals surface area contributed by atoms with Crippen molar-refractivity contribution in [2.24, 2.45) is 0 Å². The number of hydrogen-bond donors (Lipinski definition) is 2. The molecule has 1 aromatic rings. The number of rotatable bonds is 2. The summed E-state index contributed by atoms with van der Waals surface area (Å²) in [6.07, 6.45) is 0. The third-order valence-electron chi connectivity index (χ3n) is 1.40. The lowest BCUT2D eigenvalue weighted by atomic mass is 10.2. The van der Waals surface area contributed by atoms with E-state index in [9.17, 15) is 4.21 Å². The van der Waals surface area contributed by atoms with E-state index >= 15 is 0 Å². The minimum Gasteiger partial charge on any atom is -0.289 e. The first-order valence-electron chi connectivity index (χ1n) is 3.23. The topological polar surface area (TPSA) is 49.3 Å². The number of anilines is 1. The van der Waals surface area contributed by atoms with Crippen molar-refractivity contribution in [1.29, 1.82) is 0 Å². The zero-order chi connectivity index (χ0) is 9.14. The predicted octanol–water partition coefficient (Wildman–Crippen LogP) is 2.20. The predicted molar refractivity (Wildman–Crippen MR) is 50.6 cm³/mol. The van der Waals surface area contributed by atoms with Crippen molar-refractivity contribution in [2.75, 3.05) is 4.72 Å². The Labute approximate surface area is 78.2 Å². The Morgan fingerprint density at radius 1 is 1.58 bits per heavy atom. The summed E-state index contributed by atoms with van der Waals surface area (Å²) >= 11 is 3.64. The molecular weight excluding hydrogens is 198 g/mol. The van der Waals surface area contributed by atoms with Crippen LogP contribution in [-0.4, -0.2) is 8.76 Å². The van der Waals surface area contributed by atoms with Crippen LogP contribution in [0, 0.1) is 6.92 Å². The molecular formula is C7H8ClNO2S. The molecule has 0 bridgehead atoms. The molecule has 0 aliphatic heterocycles. The maximum absolute atomic E-state index is 10.4. The highest BCUT2D eigenvalue weighted by Crippen LogP contribution is 2.20. The molecule has 0 aromatic heterocycles. The van der Waals surface area contributed by atoms with Crippen LogP contribution >= 0.6 is 11.6 Å². The molecule has 1 atom stereocenters. The summed E-state index contributed by atoms with van der Waals surface area (Å²) in [6.45, 7) is 1.82. The molecule has 66 valence electrons. The lowest BCUT2D eigenvalue weighted by Gasteiger charge is -2.04. The molecule has 1 rings (SSSR count). The number of halogens is 1. The Hall–Kier alpha value is -0.580. The fraction of sp³-hybridized carbons (Fsp3) is 0.143. The van der Waals surface area contributed by atoms with Crippen molar-refractivity contribution >= 4 is 28.6 Å². The highest BCUT2D eigenvalue weighted by atomic mass is 35.5. The second-order valence-electron chi connectivity index (χ2n) is 2.31. The fourth-order valence-electron chi connectivity index (χ4n) is 0.798. The van der Waals surface area contributed by atoms with Crippen LogP contribution in [0.4, 0.5) is 5.69 Å². The van der Waals surface area contributed by atoms with Crippen LogP contribution in [0.3, 0.4) is 0 Å². The van der Waals surface area contributed by atoms with Gasteiger partial charge in [-0.05, 0) is 24.6 Å². The van der Waals surface area contributed by atoms with Crippen molar-refractivity contribution in [3.05, 3.63) is 28.8 Å². The first kappa shape index (κ1) is 9.51. The SMILES string of the molecule is Cc1ccc(Cl)cc1NS(=O)O. The van der Waals surface area contributed by atoms with Crippen LogP contribution in [0.15, 0.2) is 18.2 Å². The van der Waals surface area contributed by atoms with Crippen LogP contribution in [0.25, 0.3) is 0 Å². The second-order valence-corrected chi connectivity index (χ2v) is 3.45. The van der Waals surface area contributed by atoms with Gasteiger partial charge in [-0.1, -0.05) is 17.7 Å². The number of nitrogens with one attached hydrogen (secondary N) is 1. The van der Waals surface area contributed by atoms with Gasteiger partial charge in [0.25, 0.3) is 11.3 Å². The summed E-state index contributed by atoms with van der Waals surface area (Å²) in [5.41, 5.74) is 1.45. The van der Waals surface area contributed by atoms with Crippen molar-refractivity contribution < 1.29 is 8.76 Å². The van der Waals surface area contributed by atoms with Crippen molar-refractivity contribution in [3.63, 3.8) is 0 Å². The smallest absolute Gasteiger partial charge is 0.259 e. The van der Waals surface area contributed by atoms with Gasteiger partial charge in [-0.3, -0.25) is 9.27 Å². The molecule has 5 heteroatoms. The van der Waals surface area contributed by atoms with E-state index in [1.54, 1.807) is 18.2 Å². The molecule has 0 aliphatic rings. The zero-order valence-electron chi connectivity index (χ0n) is 6.37. The maximum Gasteiger partial charge on any atom is 0.259 e. The summed E-state index contributed by atoms with van der Waals surface area (Å²) in [7, 11) is 0. The number of aryl methyl sites for hydroxylation is 1. The number of benzene rings is 1. The first-order chi connectivity index (χ1) is 5.59. The highest BCUT2D eigenvalue weighted by molar-refractivity contribution is 7.80. The van der Waals surface area contributed by atoms with Gasteiger partial charge in [0.05, 0.1) is 5.69 Å². The molecule has 3 nitrogen and oxygen atoms in total. The minimum absolute atomic E-state index is 0.536. The molecule has 1 unspecified atom stereocenters. The molecule has 0 radical (unpaired) electrons.